The molecule has 0 aromatic carbocycles. The van der Waals surface area contributed by atoms with Crippen molar-refractivity contribution < 1.29 is 4.79 Å². The highest BCUT2D eigenvalue weighted by atomic mass is 35.5. The maximum Gasteiger partial charge on any atom is 0.235 e. The lowest BCUT2D eigenvalue weighted by Gasteiger charge is -2.35. The Labute approximate surface area is 96.4 Å². The van der Waals surface area contributed by atoms with Crippen LogP contribution in [0.2, 0.25) is 0 Å². The quantitative estimate of drug-likeness (QED) is 0.779. The fourth-order valence-corrected chi connectivity index (χ4v) is 1.84. The Morgan fingerprint density at radius 3 is 2.79 bits per heavy atom. The first-order valence-corrected chi connectivity index (χ1v) is 5.99. The van der Waals surface area contributed by atoms with Gasteiger partial charge in [-0.25, -0.2) is 0 Å². The highest BCUT2D eigenvalue weighted by Crippen LogP contribution is 2.12. The van der Waals surface area contributed by atoms with Gasteiger partial charge >= 0.3 is 0 Å². The van der Waals surface area contributed by atoms with Gasteiger partial charge in [0.15, 0.2) is 0 Å². The summed E-state index contributed by atoms with van der Waals surface area (Å²) in [4.78, 5) is 13.8. The minimum absolute atomic E-state index is 0. The highest BCUT2D eigenvalue weighted by molar-refractivity contribution is 7.99. The fourth-order valence-electron chi connectivity index (χ4n) is 1.50. The number of thioether (sulfide) groups is 1. The Bertz CT molecular complexity index is 192. The van der Waals surface area contributed by atoms with Crippen molar-refractivity contribution in [3.05, 3.63) is 0 Å². The highest BCUT2D eigenvalue weighted by Gasteiger charge is 2.25. The first-order chi connectivity index (χ1) is 6.16. The molecule has 2 atom stereocenters. The number of hydrogen-bond donors (Lipinski definition) is 1. The standard InChI is InChI=1S/C9H18N2OS.ClH/c1-7-6-10-4-5-11(7)9(12)8(2)13-3;/h7-8,10H,4-6H2,1-3H3;1H/t7-,8?;/m0./s1. The molecule has 1 saturated heterocycles. The van der Waals surface area contributed by atoms with E-state index in [2.05, 4.69) is 12.2 Å². The molecule has 3 nitrogen and oxygen atoms in total. The predicted octanol–water partition coefficient (Wildman–Crippen LogP) is 0.980. The summed E-state index contributed by atoms with van der Waals surface area (Å²) in [6, 6.07) is 0.343. The average Bonchev–Trinajstić information content (AvgIpc) is 2.16. The number of amides is 1. The molecule has 1 fully saturated rings. The van der Waals surface area contributed by atoms with Crippen LogP contribution in [0.15, 0.2) is 0 Å². The van der Waals surface area contributed by atoms with Gasteiger partial charge in [-0.1, -0.05) is 0 Å². The molecule has 0 bridgehead atoms. The Kier molecular flexibility index (Phi) is 6.57. The van der Waals surface area contributed by atoms with Crippen molar-refractivity contribution in [2.75, 3.05) is 25.9 Å². The molecule has 1 aliphatic rings. The van der Waals surface area contributed by atoms with Crippen LogP contribution in [0.25, 0.3) is 0 Å². The summed E-state index contributed by atoms with van der Waals surface area (Å²) in [6.45, 7) is 6.77. The minimum Gasteiger partial charge on any atom is -0.336 e. The molecule has 0 saturated carbocycles. The maximum atomic E-state index is 11.8. The van der Waals surface area contributed by atoms with Crippen molar-refractivity contribution in [1.82, 2.24) is 10.2 Å². The van der Waals surface area contributed by atoms with Gasteiger partial charge in [0, 0.05) is 25.7 Å². The lowest BCUT2D eigenvalue weighted by molar-refractivity contribution is -0.133. The van der Waals surface area contributed by atoms with Crippen LogP contribution in [-0.2, 0) is 4.79 Å². The molecule has 1 rings (SSSR count). The number of carbonyl (C=O) groups is 1. The second-order valence-corrected chi connectivity index (χ2v) is 4.64. The Balaban J connectivity index is 0.00000169. The van der Waals surface area contributed by atoms with Crippen LogP contribution >= 0.6 is 24.2 Å². The molecule has 0 aromatic heterocycles. The maximum absolute atomic E-state index is 11.8. The monoisotopic (exact) mass is 238 g/mol. The van der Waals surface area contributed by atoms with Gasteiger partial charge in [-0.05, 0) is 20.1 Å². The van der Waals surface area contributed by atoms with Crippen LogP contribution < -0.4 is 5.32 Å². The van der Waals surface area contributed by atoms with Crippen LogP contribution in [0.3, 0.4) is 0 Å². The molecule has 0 spiro atoms. The predicted molar refractivity (Wildman–Crippen MR) is 64.3 cm³/mol. The van der Waals surface area contributed by atoms with E-state index in [1.807, 2.05) is 18.1 Å². The average molecular weight is 239 g/mol. The Hall–Kier alpha value is 0.0700. The van der Waals surface area contributed by atoms with Crippen molar-refractivity contribution in [1.29, 1.82) is 0 Å². The molecule has 1 N–H and O–H groups in total. The molecule has 1 amide bonds. The van der Waals surface area contributed by atoms with E-state index in [9.17, 15) is 4.79 Å². The third-order valence-corrected chi connectivity index (χ3v) is 3.39. The first-order valence-electron chi connectivity index (χ1n) is 4.70. The number of nitrogens with one attached hydrogen (secondary N) is 1. The van der Waals surface area contributed by atoms with Crippen LogP contribution in [0, 0.1) is 0 Å². The first kappa shape index (κ1) is 14.1. The zero-order valence-electron chi connectivity index (χ0n) is 8.95. The van der Waals surface area contributed by atoms with Gasteiger partial charge in [0.05, 0.1) is 5.25 Å². The topological polar surface area (TPSA) is 32.3 Å². The third-order valence-electron chi connectivity index (χ3n) is 2.49. The zero-order chi connectivity index (χ0) is 9.84. The summed E-state index contributed by atoms with van der Waals surface area (Å²) in [6.07, 6.45) is 1.98. The normalized spacial score (nSPS) is 23.9. The summed E-state index contributed by atoms with van der Waals surface area (Å²) >= 11 is 1.62. The summed E-state index contributed by atoms with van der Waals surface area (Å²) in [5, 5.41) is 3.37. The largest absolute Gasteiger partial charge is 0.336 e. The van der Waals surface area contributed by atoms with E-state index in [4.69, 9.17) is 0 Å². The van der Waals surface area contributed by atoms with E-state index < -0.39 is 0 Å². The summed E-state index contributed by atoms with van der Waals surface area (Å²) in [5.74, 6) is 0.279. The number of rotatable bonds is 2. The van der Waals surface area contributed by atoms with Crippen molar-refractivity contribution in [2.45, 2.75) is 25.1 Å². The van der Waals surface area contributed by atoms with E-state index in [0.29, 0.717) is 6.04 Å². The second-order valence-electron chi connectivity index (χ2n) is 3.46. The molecular formula is C9H19ClN2OS. The number of nitrogens with zero attached hydrogens (tertiary/aromatic N) is 1. The summed E-state index contributed by atoms with van der Waals surface area (Å²) in [5.41, 5.74) is 0. The van der Waals surface area contributed by atoms with E-state index in [1.54, 1.807) is 11.8 Å². The Morgan fingerprint density at radius 1 is 1.64 bits per heavy atom. The molecule has 1 heterocycles. The van der Waals surface area contributed by atoms with Crippen LogP contribution in [-0.4, -0.2) is 48.0 Å². The second kappa shape index (κ2) is 6.53. The van der Waals surface area contributed by atoms with Crippen LogP contribution in [0.1, 0.15) is 13.8 Å². The lowest BCUT2D eigenvalue weighted by Crippen LogP contribution is -2.54. The number of hydrogen-bond acceptors (Lipinski definition) is 3. The minimum atomic E-state index is 0. The van der Waals surface area contributed by atoms with Gasteiger partial charge in [0.1, 0.15) is 0 Å². The third kappa shape index (κ3) is 3.33. The van der Waals surface area contributed by atoms with Crippen molar-refractivity contribution >= 4 is 30.1 Å². The summed E-state index contributed by atoms with van der Waals surface area (Å²) < 4.78 is 0. The molecule has 1 aliphatic heterocycles. The summed E-state index contributed by atoms with van der Waals surface area (Å²) in [7, 11) is 0. The molecular weight excluding hydrogens is 220 g/mol. The smallest absolute Gasteiger partial charge is 0.235 e. The SMILES string of the molecule is CSC(C)C(=O)N1CCNC[C@@H]1C.Cl. The van der Waals surface area contributed by atoms with E-state index >= 15 is 0 Å². The van der Waals surface area contributed by atoms with Crippen molar-refractivity contribution in [3.8, 4) is 0 Å². The van der Waals surface area contributed by atoms with E-state index in [1.165, 1.54) is 0 Å². The molecule has 0 aromatic rings. The molecule has 0 aliphatic carbocycles. The van der Waals surface area contributed by atoms with Gasteiger partial charge in [-0.15, -0.1) is 12.4 Å². The molecule has 1 unspecified atom stereocenters. The van der Waals surface area contributed by atoms with Crippen LogP contribution in [0.4, 0.5) is 0 Å². The zero-order valence-corrected chi connectivity index (χ0v) is 10.6. The molecule has 0 radical (unpaired) electrons. The number of carbonyl (C=O) groups excluding carboxylic acids is 1. The number of piperazine rings is 1. The van der Waals surface area contributed by atoms with Gasteiger partial charge < -0.3 is 10.2 Å². The van der Waals surface area contributed by atoms with Crippen molar-refractivity contribution in [2.24, 2.45) is 0 Å². The van der Waals surface area contributed by atoms with Crippen LogP contribution in [0.5, 0.6) is 0 Å². The molecule has 14 heavy (non-hydrogen) atoms. The van der Waals surface area contributed by atoms with Gasteiger partial charge in [0.2, 0.25) is 5.91 Å². The Morgan fingerprint density at radius 2 is 2.29 bits per heavy atom. The van der Waals surface area contributed by atoms with E-state index in [-0.39, 0.29) is 23.6 Å². The van der Waals surface area contributed by atoms with Gasteiger partial charge in [-0.3, -0.25) is 4.79 Å². The number of halogens is 1. The van der Waals surface area contributed by atoms with Crippen molar-refractivity contribution in [3.63, 3.8) is 0 Å². The van der Waals surface area contributed by atoms with Gasteiger partial charge in [-0.2, -0.15) is 11.8 Å². The van der Waals surface area contributed by atoms with Gasteiger partial charge in [0.25, 0.3) is 0 Å². The van der Waals surface area contributed by atoms with E-state index in [0.717, 1.165) is 19.6 Å². The fraction of sp³-hybridized carbons (Fsp3) is 0.889. The molecule has 84 valence electrons. The lowest BCUT2D eigenvalue weighted by atomic mass is 10.2. The molecule has 5 heteroatoms.